The highest BCUT2D eigenvalue weighted by Gasteiger charge is 2.33. The van der Waals surface area contributed by atoms with Crippen molar-refractivity contribution in [3.63, 3.8) is 0 Å². The highest BCUT2D eigenvalue weighted by atomic mass is 16.5. The number of rotatable bonds is 5. The lowest BCUT2D eigenvalue weighted by Gasteiger charge is -2.23. The van der Waals surface area contributed by atoms with Crippen molar-refractivity contribution in [3.8, 4) is 0 Å². The monoisotopic (exact) mass is 229 g/mol. The molecule has 5 heteroatoms. The van der Waals surface area contributed by atoms with E-state index in [0.717, 1.165) is 0 Å². The van der Waals surface area contributed by atoms with Crippen LogP contribution in [0.4, 0.5) is 0 Å². The van der Waals surface area contributed by atoms with E-state index >= 15 is 0 Å². The zero-order valence-electron chi connectivity index (χ0n) is 9.68. The van der Waals surface area contributed by atoms with Crippen LogP contribution in [0.3, 0.4) is 0 Å². The van der Waals surface area contributed by atoms with Crippen LogP contribution in [0, 0.1) is 11.8 Å². The molecular weight excluding hydrogens is 210 g/mol. The highest BCUT2D eigenvalue weighted by Crippen LogP contribution is 2.23. The number of carbonyl (C=O) groups excluding carboxylic acids is 1. The predicted octanol–water partition coefficient (Wildman–Crippen LogP) is 0.766. The first-order valence-corrected chi connectivity index (χ1v) is 5.59. The second-order valence-electron chi connectivity index (χ2n) is 4.66. The summed E-state index contributed by atoms with van der Waals surface area (Å²) in [4.78, 5) is 21.9. The average molecular weight is 229 g/mol. The van der Waals surface area contributed by atoms with Crippen LogP contribution in [0.15, 0.2) is 0 Å². The van der Waals surface area contributed by atoms with E-state index in [1.165, 1.54) is 0 Å². The Morgan fingerprint density at radius 1 is 1.62 bits per heavy atom. The van der Waals surface area contributed by atoms with E-state index in [2.05, 4.69) is 0 Å². The Balaban J connectivity index is 2.51. The summed E-state index contributed by atoms with van der Waals surface area (Å²) < 4.78 is 5.03. The Labute approximate surface area is 95.0 Å². The molecule has 0 aromatic rings. The van der Waals surface area contributed by atoms with Gasteiger partial charge in [0.15, 0.2) is 0 Å². The van der Waals surface area contributed by atoms with E-state index in [9.17, 15) is 9.59 Å². The smallest absolute Gasteiger partial charge is 0.306 e. The zero-order valence-corrected chi connectivity index (χ0v) is 9.68. The van der Waals surface area contributed by atoms with Gasteiger partial charge >= 0.3 is 11.9 Å². The fourth-order valence-corrected chi connectivity index (χ4v) is 1.95. The van der Waals surface area contributed by atoms with Crippen molar-refractivity contribution in [2.75, 3.05) is 0 Å². The van der Waals surface area contributed by atoms with Crippen LogP contribution in [-0.4, -0.2) is 29.2 Å². The Bertz CT molecular complexity index is 277. The van der Waals surface area contributed by atoms with Gasteiger partial charge in [-0.2, -0.15) is 0 Å². The minimum atomic E-state index is -0.838. The Morgan fingerprint density at radius 2 is 2.25 bits per heavy atom. The van der Waals surface area contributed by atoms with Gasteiger partial charge in [0.2, 0.25) is 0 Å². The van der Waals surface area contributed by atoms with Gasteiger partial charge in [0.25, 0.3) is 0 Å². The van der Waals surface area contributed by atoms with E-state index in [1.54, 1.807) is 0 Å². The first kappa shape index (κ1) is 13.0. The van der Waals surface area contributed by atoms with Crippen LogP contribution in [0.1, 0.15) is 33.1 Å². The molecule has 0 saturated carbocycles. The van der Waals surface area contributed by atoms with E-state index in [4.69, 9.17) is 15.6 Å². The Hall–Kier alpha value is -1.10. The summed E-state index contributed by atoms with van der Waals surface area (Å²) in [6.07, 6.45) is 1.03. The molecule has 3 N–H and O–H groups in total. The van der Waals surface area contributed by atoms with Crippen molar-refractivity contribution in [2.24, 2.45) is 17.6 Å². The quantitative estimate of drug-likeness (QED) is 0.679. The number of aliphatic carboxylic acids is 1. The maximum Gasteiger partial charge on any atom is 0.306 e. The molecule has 92 valence electrons. The number of esters is 1. The third-order valence-electron chi connectivity index (χ3n) is 3.04. The molecule has 1 aliphatic rings. The van der Waals surface area contributed by atoms with Crippen LogP contribution in [-0.2, 0) is 14.3 Å². The molecule has 1 rings (SSSR count). The lowest BCUT2D eigenvalue weighted by molar-refractivity contribution is -0.144. The molecule has 3 atom stereocenters. The van der Waals surface area contributed by atoms with Crippen LogP contribution in [0.25, 0.3) is 0 Å². The molecule has 1 aliphatic heterocycles. The SMILES string of the molecule is CC(C)C(CC(N)C1CCC(=O)O1)C(=O)O. The molecule has 5 nitrogen and oxygen atoms in total. The zero-order chi connectivity index (χ0) is 12.3. The number of carboxylic acids is 1. The summed E-state index contributed by atoms with van der Waals surface area (Å²) in [5, 5.41) is 9.02. The molecule has 0 aliphatic carbocycles. The van der Waals surface area contributed by atoms with Gasteiger partial charge in [0.05, 0.1) is 5.92 Å². The van der Waals surface area contributed by atoms with Gasteiger partial charge < -0.3 is 15.6 Å². The lowest BCUT2D eigenvalue weighted by Crippen LogP contribution is -2.39. The maximum atomic E-state index is 11.0. The van der Waals surface area contributed by atoms with Gasteiger partial charge in [-0.25, -0.2) is 0 Å². The van der Waals surface area contributed by atoms with Crippen molar-refractivity contribution in [1.29, 1.82) is 0 Å². The second kappa shape index (κ2) is 5.30. The van der Waals surface area contributed by atoms with Crippen LogP contribution in [0.5, 0.6) is 0 Å². The summed E-state index contributed by atoms with van der Waals surface area (Å²) in [7, 11) is 0. The number of cyclic esters (lactones) is 1. The number of carbonyl (C=O) groups is 2. The van der Waals surface area contributed by atoms with Gasteiger partial charge in [0.1, 0.15) is 6.10 Å². The second-order valence-corrected chi connectivity index (χ2v) is 4.66. The minimum absolute atomic E-state index is 0.0284. The molecule has 0 bridgehead atoms. The molecule has 0 aromatic carbocycles. The molecule has 1 fully saturated rings. The number of hydrogen-bond acceptors (Lipinski definition) is 4. The molecule has 1 heterocycles. The summed E-state index contributed by atoms with van der Waals surface area (Å²) in [5.41, 5.74) is 5.88. The fraction of sp³-hybridized carbons (Fsp3) is 0.818. The largest absolute Gasteiger partial charge is 0.481 e. The Morgan fingerprint density at radius 3 is 2.62 bits per heavy atom. The van der Waals surface area contributed by atoms with E-state index in [1.807, 2.05) is 13.8 Å². The third kappa shape index (κ3) is 3.20. The van der Waals surface area contributed by atoms with Gasteiger partial charge in [-0.1, -0.05) is 13.8 Å². The van der Waals surface area contributed by atoms with Crippen LogP contribution < -0.4 is 5.73 Å². The molecule has 0 amide bonds. The standard InChI is InChI=1S/C11H19NO4/c1-6(2)7(11(14)15)5-8(12)9-3-4-10(13)16-9/h6-9H,3-5,12H2,1-2H3,(H,14,15). The molecular formula is C11H19NO4. The lowest BCUT2D eigenvalue weighted by atomic mass is 9.87. The van der Waals surface area contributed by atoms with E-state index < -0.39 is 11.9 Å². The molecule has 3 unspecified atom stereocenters. The molecule has 0 radical (unpaired) electrons. The summed E-state index contributed by atoms with van der Waals surface area (Å²) in [5.74, 6) is -1.53. The molecule has 0 spiro atoms. The minimum Gasteiger partial charge on any atom is -0.481 e. The molecule has 0 aromatic heterocycles. The van der Waals surface area contributed by atoms with Gasteiger partial charge in [0, 0.05) is 12.5 Å². The van der Waals surface area contributed by atoms with Crippen molar-refractivity contribution in [3.05, 3.63) is 0 Å². The van der Waals surface area contributed by atoms with Gasteiger partial charge in [-0.3, -0.25) is 9.59 Å². The first-order valence-electron chi connectivity index (χ1n) is 5.59. The fourth-order valence-electron chi connectivity index (χ4n) is 1.95. The highest BCUT2D eigenvalue weighted by molar-refractivity contribution is 5.72. The maximum absolute atomic E-state index is 11.0. The van der Waals surface area contributed by atoms with E-state index in [-0.39, 0.29) is 24.0 Å². The van der Waals surface area contributed by atoms with Crippen molar-refractivity contribution in [2.45, 2.75) is 45.3 Å². The van der Waals surface area contributed by atoms with E-state index in [0.29, 0.717) is 19.3 Å². The van der Waals surface area contributed by atoms with Crippen LogP contribution in [0.2, 0.25) is 0 Å². The Kier molecular flexibility index (Phi) is 4.29. The topological polar surface area (TPSA) is 89.6 Å². The number of carboxylic acid groups (broad SMARTS) is 1. The van der Waals surface area contributed by atoms with Crippen molar-refractivity contribution in [1.82, 2.24) is 0 Å². The van der Waals surface area contributed by atoms with Gasteiger partial charge in [-0.05, 0) is 18.8 Å². The van der Waals surface area contributed by atoms with Crippen LogP contribution >= 0.6 is 0 Å². The first-order chi connectivity index (χ1) is 7.41. The summed E-state index contributed by atoms with van der Waals surface area (Å²) >= 11 is 0. The number of hydrogen-bond donors (Lipinski definition) is 2. The number of nitrogens with two attached hydrogens (primary N) is 1. The summed E-state index contributed by atoms with van der Waals surface area (Å²) in [6, 6.07) is -0.380. The van der Waals surface area contributed by atoms with Gasteiger partial charge in [-0.15, -0.1) is 0 Å². The third-order valence-corrected chi connectivity index (χ3v) is 3.04. The number of ether oxygens (including phenoxy) is 1. The predicted molar refractivity (Wildman–Crippen MR) is 57.7 cm³/mol. The normalized spacial score (nSPS) is 24.2. The summed E-state index contributed by atoms with van der Waals surface area (Å²) in [6.45, 7) is 3.71. The van der Waals surface area contributed by atoms with Crippen molar-refractivity contribution < 1.29 is 19.4 Å². The molecule has 1 saturated heterocycles. The average Bonchev–Trinajstić information content (AvgIpc) is 2.59. The molecule has 16 heavy (non-hydrogen) atoms. The van der Waals surface area contributed by atoms with Crippen molar-refractivity contribution >= 4 is 11.9 Å².